The number of hydrogen-bond acceptors (Lipinski definition) is 1. The maximum atomic E-state index is 5.40. The Kier molecular flexibility index (Phi) is 2.78. The van der Waals surface area contributed by atoms with Crippen LogP contribution in [0.5, 0.6) is 0 Å². The first-order valence-corrected chi connectivity index (χ1v) is 3.71. The number of hydrogen-bond donors (Lipinski definition) is 0. The zero-order chi connectivity index (χ0) is 6.53. The minimum absolute atomic E-state index is 0.420. The average Bonchev–Trinajstić information content (AvgIpc) is 1.91. The van der Waals surface area contributed by atoms with Crippen molar-refractivity contribution < 1.29 is 4.74 Å². The van der Waals surface area contributed by atoms with Crippen LogP contribution in [0.3, 0.4) is 0 Å². The first kappa shape index (κ1) is 6.81. The smallest absolute Gasteiger partial charge is 0.0755 e. The Morgan fingerprint density at radius 3 is 3.11 bits per heavy atom. The molecule has 1 aliphatic rings. The summed E-state index contributed by atoms with van der Waals surface area (Å²) in [6.07, 6.45) is 8.55. The highest BCUT2D eigenvalue weighted by molar-refractivity contribution is 4.93. The largest absolute Gasteiger partial charge is 0.374 e. The first-order chi connectivity index (χ1) is 4.43. The fourth-order valence-corrected chi connectivity index (χ4v) is 1.13. The van der Waals surface area contributed by atoms with Gasteiger partial charge < -0.3 is 4.74 Å². The predicted molar refractivity (Wildman–Crippen MR) is 38.4 cm³/mol. The molecule has 0 aliphatic heterocycles. The van der Waals surface area contributed by atoms with Crippen molar-refractivity contribution in [2.45, 2.75) is 32.3 Å². The van der Waals surface area contributed by atoms with Crippen LogP contribution in [0.1, 0.15) is 26.2 Å². The quantitative estimate of drug-likeness (QED) is 0.515. The second-order valence-corrected chi connectivity index (χ2v) is 2.35. The van der Waals surface area contributed by atoms with Gasteiger partial charge in [-0.05, 0) is 26.2 Å². The monoisotopic (exact) mass is 126 g/mol. The van der Waals surface area contributed by atoms with E-state index in [1.54, 1.807) is 0 Å². The molecule has 0 aromatic heterocycles. The molecule has 0 saturated heterocycles. The maximum absolute atomic E-state index is 5.40. The van der Waals surface area contributed by atoms with Crippen LogP contribution < -0.4 is 0 Å². The van der Waals surface area contributed by atoms with Crippen molar-refractivity contribution in [3.05, 3.63) is 12.2 Å². The molecule has 0 saturated carbocycles. The molecule has 1 rings (SSSR count). The lowest BCUT2D eigenvalue weighted by molar-refractivity contribution is 0.0859. The summed E-state index contributed by atoms with van der Waals surface area (Å²) in [4.78, 5) is 0. The molecule has 0 fully saturated rings. The zero-order valence-electron chi connectivity index (χ0n) is 5.97. The third-order valence-electron chi connectivity index (χ3n) is 1.59. The van der Waals surface area contributed by atoms with Gasteiger partial charge in [-0.3, -0.25) is 0 Å². The summed E-state index contributed by atoms with van der Waals surface area (Å²) in [6.45, 7) is 2.89. The van der Waals surface area contributed by atoms with Gasteiger partial charge in [0.15, 0.2) is 0 Å². The van der Waals surface area contributed by atoms with E-state index in [4.69, 9.17) is 4.74 Å². The molecule has 0 amide bonds. The van der Waals surface area contributed by atoms with Crippen molar-refractivity contribution in [3.63, 3.8) is 0 Å². The third-order valence-corrected chi connectivity index (χ3v) is 1.59. The fraction of sp³-hybridized carbons (Fsp3) is 0.750. The van der Waals surface area contributed by atoms with Gasteiger partial charge in [-0.25, -0.2) is 0 Å². The molecular formula is C8H14O. The topological polar surface area (TPSA) is 9.23 Å². The van der Waals surface area contributed by atoms with Crippen LogP contribution >= 0.6 is 0 Å². The third kappa shape index (κ3) is 2.19. The van der Waals surface area contributed by atoms with Crippen LogP contribution in [0.4, 0.5) is 0 Å². The van der Waals surface area contributed by atoms with Crippen molar-refractivity contribution in [2.75, 3.05) is 6.61 Å². The van der Waals surface area contributed by atoms with Crippen molar-refractivity contribution >= 4 is 0 Å². The van der Waals surface area contributed by atoms with Gasteiger partial charge in [-0.2, -0.15) is 0 Å². The Hall–Kier alpha value is -0.300. The highest BCUT2D eigenvalue weighted by atomic mass is 16.5. The van der Waals surface area contributed by atoms with Crippen LogP contribution in [0.25, 0.3) is 0 Å². The Morgan fingerprint density at radius 1 is 1.67 bits per heavy atom. The van der Waals surface area contributed by atoms with E-state index in [-0.39, 0.29) is 0 Å². The molecule has 0 bridgehead atoms. The van der Waals surface area contributed by atoms with Gasteiger partial charge in [-0.1, -0.05) is 12.2 Å². The van der Waals surface area contributed by atoms with Crippen LogP contribution in [0, 0.1) is 0 Å². The zero-order valence-corrected chi connectivity index (χ0v) is 5.97. The number of rotatable bonds is 2. The van der Waals surface area contributed by atoms with Crippen LogP contribution in [-0.2, 0) is 4.74 Å². The normalized spacial score (nSPS) is 26.6. The molecule has 1 atom stereocenters. The summed E-state index contributed by atoms with van der Waals surface area (Å²) in [7, 11) is 0. The van der Waals surface area contributed by atoms with Gasteiger partial charge in [0.05, 0.1) is 6.10 Å². The highest BCUT2D eigenvalue weighted by Crippen LogP contribution is 2.12. The molecule has 0 heterocycles. The van der Waals surface area contributed by atoms with E-state index >= 15 is 0 Å². The fourth-order valence-electron chi connectivity index (χ4n) is 1.13. The molecular weight excluding hydrogens is 112 g/mol. The standard InChI is InChI=1S/C8H14O/c1-2-9-8-6-4-3-5-7-8/h4,6,8H,2-3,5,7H2,1H3. The van der Waals surface area contributed by atoms with Crippen molar-refractivity contribution in [2.24, 2.45) is 0 Å². The van der Waals surface area contributed by atoms with Crippen molar-refractivity contribution in [1.82, 2.24) is 0 Å². The molecule has 0 aromatic carbocycles. The van der Waals surface area contributed by atoms with Crippen molar-refractivity contribution in [3.8, 4) is 0 Å². The predicted octanol–water partition coefficient (Wildman–Crippen LogP) is 2.13. The summed E-state index contributed by atoms with van der Waals surface area (Å²) >= 11 is 0. The molecule has 1 heteroatoms. The maximum Gasteiger partial charge on any atom is 0.0755 e. The summed E-state index contributed by atoms with van der Waals surface area (Å²) in [6, 6.07) is 0. The van der Waals surface area contributed by atoms with Crippen LogP contribution in [0.15, 0.2) is 12.2 Å². The summed E-state index contributed by atoms with van der Waals surface area (Å²) in [5.74, 6) is 0. The first-order valence-electron chi connectivity index (χ1n) is 3.71. The van der Waals surface area contributed by atoms with Gasteiger partial charge in [0, 0.05) is 6.61 Å². The van der Waals surface area contributed by atoms with Crippen molar-refractivity contribution in [1.29, 1.82) is 0 Å². The Bertz CT molecular complexity index is 96.7. The Morgan fingerprint density at radius 2 is 2.56 bits per heavy atom. The van der Waals surface area contributed by atoms with E-state index < -0.39 is 0 Å². The number of ether oxygens (including phenoxy) is 1. The van der Waals surface area contributed by atoms with Crippen LogP contribution in [0.2, 0.25) is 0 Å². The Labute approximate surface area is 56.7 Å². The van der Waals surface area contributed by atoms with Gasteiger partial charge in [0.2, 0.25) is 0 Å². The second-order valence-electron chi connectivity index (χ2n) is 2.35. The molecule has 9 heavy (non-hydrogen) atoms. The second kappa shape index (κ2) is 3.67. The highest BCUT2D eigenvalue weighted by Gasteiger charge is 2.05. The Balaban J connectivity index is 2.23. The molecule has 0 N–H and O–H groups in total. The van der Waals surface area contributed by atoms with E-state index in [0.29, 0.717) is 6.10 Å². The lowest BCUT2D eigenvalue weighted by atomic mass is 10.1. The summed E-state index contributed by atoms with van der Waals surface area (Å²) in [5.41, 5.74) is 0. The van der Waals surface area contributed by atoms with Gasteiger partial charge >= 0.3 is 0 Å². The molecule has 0 radical (unpaired) electrons. The molecule has 0 aromatic rings. The van der Waals surface area contributed by atoms with Crippen LogP contribution in [-0.4, -0.2) is 12.7 Å². The lowest BCUT2D eigenvalue weighted by Gasteiger charge is -2.15. The van der Waals surface area contributed by atoms with E-state index in [1.165, 1.54) is 19.3 Å². The lowest BCUT2D eigenvalue weighted by Crippen LogP contribution is -2.11. The van der Waals surface area contributed by atoms with Gasteiger partial charge in [-0.15, -0.1) is 0 Å². The molecule has 1 nitrogen and oxygen atoms in total. The minimum Gasteiger partial charge on any atom is -0.374 e. The average molecular weight is 126 g/mol. The minimum atomic E-state index is 0.420. The molecule has 1 unspecified atom stereocenters. The number of allylic oxidation sites excluding steroid dienone is 1. The van der Waals surface area contributed by atoms with Gasteiger partial charge in [0.25, 0.3) is 0 Å². The van der Waals surface area contributed by atoms with E-state index in [1.807, 2.05) is 6.92 Å². The van der Waals surface area contributed by atoms with E-state index in [2.05, 4.69) is 12.2 Å². The SMILES string of the molecule is CCOC1C=CCCC1. The molecule has 52 valence electrons. The molecule has 1 aliphatic carbocycles. The summed E-state index contributed by atoms with van der Waals surface area (Å²) < 4.78 is 5.40. The van der Waals surface area contributed by atoms with E-state index in [0.717, 1.165) is 6.61 Å². The van der Waals surface area contributed by atoms with Gasteiger partial charge in [0.1, 0.15) is 0 Å². The molecule has 0 spiro atoms. The summed E-state index contributed by atoms with van der Waals surface area (Å²) in [5, 5.41) is 0. The van der Waals surface area contributed by atoms with E-state index in [9.17, 15) is 0 Å².